The van der Waals surface area contributed by atoms with Gasteiger partial charge in [-0.25, -0.2) is 0 Å². The highest BCUT2D eigenvalue weighted by molar-refractivity contribution is 5.73. The van der Waals surface area contributed by atoms with E-state index in [0.29, 0.717) is 5.92 Å². The van der Waals surface area contributed by atoms with E-state index in [1.54, 1.807) is 6.92 Å². The van der Waals surface area contributed by atoms with Crippen LogP contribution in [0.25, 0.3) is 0 Å². The summed E-state index contributed by atoms with van der Waals surface area (Å²) in [5.41, 5.74) is 1.30. The molecule has 0 spiro atoms. The quantitative estimate of drug-likeness (QED) is 0.836. The van der Waals surface area contributed by atoms with Gasteiger partial charge in [0.05, 0.1) is 0 Å². The fraction of sp³-hybridized carbons (Fsp3) is 0.562. The van der Waals surface area contributed by atoms with E-state index in [4.69, 9.17) is 4.74 Å². The molecule has 19 heavy (non-hydrogen) atoms. The van der Waals surface area contributed by atoms with Crippen molar-refractivity contribution in [3.63, 3.8) is 0 Å². The van der Waals surface area contributed by atoms with Gasteiger partial charge in [0.25, 0.3) is 0 Å². The highest BCUT2D eigenvalue weighted by Gasteiger charge is 2.21. The van der Waals surface area contributed by atoms with E-state index in [1.165, 1.54) is 5.56 Å². The lowest BCUT2D eigenvalue weighted by atomic mass is 10.0. The van der Waals surface area contributed by atoms with Crippen molar-refractivity contribution in [3.05, 3.63) is 29.8 Å². The SMILES string of the molecule is CC(=O)N1CCC(Oc2cccc(C(C)C)c2)CC1. The summed E-state index contributed by atoms with van der Waals surface area (Å²) in [7, 11) is 0. The Morgan fingerprint density at radius 1 is 1.32 bits per heavy atom. The summed E-state index contributed by atoms with van der Waals surface area (Å²) in [6.45, 7) is 7.62. The monoisotopic (exact) mass is 261 g/mol. The first kappa shape index (κ1) is 13.9. The molecule has 0 saturated carbocycles. The van der Waals surface area contributed by atoms with E-state index in [0.717, 1.165) is 31.7 Å². The first-order valence-electron chi connectivity index (χ1n) is 7.08. The number of carbonyl (C=O) groups is 1. The summed E-state index contributed by atoms with van der Waals surface area (Å²) in [5.74, 6) is 1.64. The number of hydrogen-bond acceptors (Lipinski definition) is 2. The minimum Gasteiger partial charge on any atom is -0.490 e. The predicted octanol–water partition coefficient (Wildman–Crippen LogP) is 3.20. The standard InChI is InChI=1S/C16H23NO2/c1-12(2)14-5-4-6-16(11-14)19-15-7-9-17(10-8-15)13(3)18/h4-6,11-12,15H,7-10H2,1-3H3. The van der Waals surface area contributed by atoms with Crippen molar-refractivity contribution in [1.82, 2.24) is 4.90 Å². The Kier molecular flexibility index (Phi) is 4.46. The van der Waals surface area contributed by atoms with Gasteiger partial charge in [0.2, 0.25) is 5.91 Å². The van der Waals surface area contributed by atoms with E-state index in [2.05, 4.69) is 32.0 Å². The van der Waals surface area contributed by atoms with Crippen molar-refractivity contribution in [3.8, 4) is 5.75 Å². The van der Waals surface area contributed by atoms with Gasteiger partial charge in [-0.15, -0.1) is 0 Å². The Morgan fingerprint density at radius 2 is 2.00 bits per heavy atom. The van der Waals surface area contributed by atoms with Crippen molar-refractivity contribution < 1.29 is 9.53 Å². The molecule has 0 radical (unpaired) electrons. The molecule has 0 atom stereocenters. The third kappa shape index (κ3) is 3.72. The van der Waals surface area contributed by atoms with Crippen LogP contribution in [0, 0.1) is 0 Å². The Morgan fingerprint density at radius 3 is 2.58 bits per heavy atom. The van der Waals surface area contributed by atoms with Gasteiger partial charge in [0.15, 0.2) is 0 Å². The maximum atomic E-state index is 11.3. The highest BCUT2D eigenvalue weighted by Crippen LogP contribution is 2.23. The lowest BCUT2D eigenvalue weighted by molar-refractivity contribution is -0.130. The molecule has 0 bridgehead atoms. The van der Waals surface area contributed by atoms with Crippen molar-refractivity contribution >= 4 is 5.91 Å². The topological polar surface area (TPSA) is 29.5 Å². The number of benzene rings is 1. The fourth-order valence-electron chi connectivity index (χ4n) is 2.43. The van der Waals surface area contributed by atoms with Crippen LogP contribution in [0.3, 0.4) is 0 Å². The minimum atomic E-state index is 0.167. The number of ether oxygens (including phenoxy) is 1. The molecule has 1 aromatic rings. The number of hydrogen-bond donors (Lipinski definition) is 0. The molecule has 0 aliphatic carbocycles. The van der Waals surface area contributed by atoms with Crippen LogP contribution in [0.1, 0.15) is 45.1 Å². The second kappa shape index (κ2) is 6.09. The summed E-state index contributed by atoms with van der Waals surface area (Å²) in [4.78, 5) is 13.2. The maximum absolute atomic E-state index is 11.3. The third-order valence-electron chi connectivity index (χ3n) is 3.71. The van der Waals surface area contributed by atoms with Crippen LogP contribution in [-0.4, -0.2) is 30.0 Å². The van der Waals surface area contributed by atoms with E-state index < -0.39 is 0 Å². The minimum absolute atomic E-state index is 0.167. The summed E-state index contributed by atoms with van der Waals surface area (Å²) in [5, 5.41) is 0. The van der Waals surface area contributed by atoms with Crippen LogP contribution in [0.4, 0.5) is 0 Å². The van der Waals surface area contributed by atoms with E-state index in [-0.39, 0.29) is 12.0 Å². The van der Waals surface area contributed by atoms with Gasteiger partial charge in [-0.3, -0.25) is 4.79 Å². The van der Waals surface area contributed by atoms with Crippen molar-refractivity contribution in [2.45, 2.75) is 45.6 Å². The van der Waals surface area contributed by atoms with Crippen LogP contribution in [-0.2, 0) is 4.79 Å². The summed E-state index contributed by atoms with van der Waals surface area (Å²) in [6, 6.07) is 8.33. The molecule has 104 valence electrons. The van der Waals surface area contributed by atoms with Crippen molar-refractivity contribution in [2.24, 2.45) is 0 Å². The van der Waals surface area contributed by atoms with Crippen LogP contribution < -0.4 is 4.74 Å². The number of nitrogens with zero attached hydrogens (tertiary/aromatic N) is 1. The van der Waals surface area contributed by atoms with E-state index >= 15 is 0 Å². The molecular weight excluding hydrogens is 238 g/mol. The second-order valence-corrected chi connectivity index (χ2v) is 5.55. The summed E-state index contributed by atoms with van der Waals surface area (Å²) >= 11 is 0. The molecule has 2 rings (SSSR count). The van der Waals surface area contributed by atoms with Crippen LogP contribution in [0.5, 0.6) is 5.75 Å². The predicted molar refractivity (Wildman–Crippen MR) is 76.4 cm³/mol. The molecule has 1 amide bonds. The van der Waals surface area contributed by atoms with Gasteiger partial charge < -0.3 is 9.64 Å². The Bertz CT molecular complexity index is 434. The first-order valence-corrected chi connectivity index (χ1v) is 7.08. The smallest absolute Gasteiger partial charge is 0.219 e. The van der Waals surface area contributed by atoms with E-state index in [1.807, 2.05) is 11.0 Å². The van der Waals surface area contributed by atoms with Crippen LogP contribution in [0.15, 0.2) is 24.3 Å². The zero-order valence-corrected chi connectivity index (χ0v) is 12.1. The zero-order valence-electron chi connectivity index (χ0n) is 12.1. The molecule has 1 saturated heterocycles. The summed E-state index contributed by atoms with van der Waals surface area (Å²) in [6.07, 6.45) is 2.08. The number of likely N-dealkylation sites (tertiary alicyclic amines) is 1. The first-order chi connectivity index (χ1) is 9.06. The van der Waals surface area contributed by atoms with Gasteiger partial charge in [-0.2, -0.15) is 0 Å². The molecule has 0 N–H and O–H groups in total. The Hall–Kier alpha value is -1.51. The molecule has 1 aromatic carbocycles. The number of rotatable bonds is 3. The number of carbonyl (C=O) groups excluding carboxylic acids is 1. The average molecular weight is 261 g/mol. The molecular formula is C16H23NO2. The summed E-state index contributed by atoms with van der Waals surface area (Å²) < 4.78 is 6.04. The number of amides is 1. The zero-order chi connectivity index (χ0) is 13.8. The molecule has 0 aromatic heterocycles. The molecule has 1 heterocycles. The van der Waals surface area contributed by atoms with Gasteiger partial charge in [-0.1, -0.05) is 26.0 Å². The van der Waals surface area contributed by atoms with Gasteiger partial charge in [0.1, 0.15) is 11.9 Å². The largest absolute Gasteiger partial charge is 0.490 e. The molecule has 1 fully saturated rings. The average Bonchev–Trinajstić information content (AvgIpc) is 2.39. The Labute approximate surface area is 115 Å². The molecule has 3 heteroatoms. The molecule has 1 aliphatic rings. The maximum Gasteiger partial charge on any atom is 0.219 e. The second-order valence-electron chi connectivity index (χ2n) is 5.55. The highest BCUT2D eigenvalue weighted by atomic mass is 16.5. The normalized spacial score (nSPS) is 16.7. The molecule has 0 unspecified atom stereocenters. The third-order valence-corrected chi connectivity index (χ3v) is 3.71. The van der Waals surface area contributed by atoms with Crippen molar-refractivity contribution in [1.29, 1.82) is 0 Å². The van der Waals surface area contributed by atoms with Gasteiger partial charge in [-0.05, 0) is 23.6 Å². The lowest BCUT2D eigenvalue weighted by Gasteiger charge is -2.31. The van der Waals surface area contributed by atoms with Crippen LogP contribution >= 0.6 is 0 Å². The van der Waals surface area contributed by atoms with Crippen LogP contribution in [0.2, 0.25) is 0 Å². The molecule has 1 aliphatic heterocycles. The molecule has 3 nitrogen and oxygen atoms in total. The van der Waals surface area contributed by atoms with Gasteiger partial charge >= 0.3 is 0 Å². The van der Waals surface area contributed by atoms with E-state index in [9.17, 15) is 4.79 Å². The number of piperidine rings is 1. The Balaban J connectivity index is 1.92. The van der Waals surface area contributed by atoms with Crippen molar-refractivity contribution in [2.75, 3.05) is 13.1 Å². The van der Waals surface area contributed by atoms with Gasteiger partial charge in [0, 0.05) is 32.9 Å². The lowest BCUT2D eigenvalue weighted by Crippen LogP contribution is -2.40. The fourth-order valence-corrected chi connectivity index (χ4v) is 2.43.